The zero-order valence-corrected chi connectivity index (χ0v) is 11.1. The Morgan fingerprint density at radius 3 is 3.17 bits per heavy atom. The Hall–Kier alpha value is -0.630. The Morgan fingerprint density at radius 1 is 1.44 bits per heavy atom. The molecule has 4 aliphatic carbocycles. The van der Waals surface area contributed by atoms with Crippen molar-refractivity contribution in [2.24, 2.45) is 29.1 Å². The van der Waals surface area contributed by atoms with Crippen molar-refractivity contribution < 1.29 is 9.53 Å². The number of rotatable bonds is 1. The van der Waals surface area contributed by atoms with Crippen LogP contribution in [0.25, 0.3) is 0 Å². The third kappa shape index (κ3) is 1.16. The fourth-order valence-electron chi connectivity index (χ4n) is 5.84. The molecule has 0 unspecified atom stereocenters. The molecule has 0 heterocycles. The maximum Gasteiger partial charge on any atom is 0.139 e. The van der Waals surface area contributed by atoms with E-state index < -0.39 is 0 Å². The molecule has 0 bridgehead atoms. The summed E-state index contributed by atoms with van der Waals surface area (Å²) in [6, 6.07) is 0. The lowest BCUT2D eigenvalue weighted by Gasteiger charge is -2.39. The number of hydrogen-bond donors (Lipinski definition) is 0. The summed E-state index contributed by atoms with van der Waals surface area (Å²) in [7, 11) is 1.84. The van der Waals surface area contributed by atoms with Gasteiger partial charge in [-0.3, -0.25) is 4.79 Å². The highest BCUT2D eigenvalue weighted by atomic mass is 16.5. The molecule has 0 aromatic heterocycles. The van der Waals surface area contributed by atoms with Gasteiger partial charge < -0.3 is 4.74 Å². The van der Waals surface area contributed by atoms with Crippen molar-refractivity contribution in [3.63, 3.8) is 0 Å². The van der Waals surface area contributed by atoms with E-state index in [4.69, 9.17) is 4.74 Å². The van der Waals surface area contributed by atoms with E-state index in [2.05, 4.69) is 12.2 Å². The van der Waals surface area contributed by atoms with Crippen LogP contribution in [0.2, 0.25) is 0 Å². The largest absolute Gasteiger partial charge is 0.381 e. The van der Waals surface area contributed by atoms with Crippen LogP contribution in [0.4, 0.5) is 0 Å². The molecule has 18 heavy (non-hydrogen) atoms. The summed E-state index contributed by atoms with van der Waals surface area (Å²) in [5, 5.41) is 0. The van der Waals surface area contributed by atoms with Crippen molar-refractivity contribution >= 4 is 5.78 Å². The number of ketones is 1. The van der Waals surface area contributed by atoms with Gasteiger partial charge in [-0.05, 0) is 49.9 Å². The maximum atomic E-state index is 12.7. The van der Waals surface area contributed by atoms with Gasteiger partial charge in [-0.1, -0.05) is 12.2 Å². The van der Waals surface area contributed by atoms with E-state index in [-0.39, 0.29) is 5.41 Å². The Morgan fingerprint density at radius 2 is 2.33 bits per heavy atom. The van der Waals surface area contributed by atoms with Gasteiger partial charge in [-0.15, -0.1) is 0 Å². The first-order valence-electron chi connectivity index (χ1n) is 7.50. The highest BCUT2D eigenvalue weighted by Crippen LogP contribution is 2.67. The summed E-state index contributed by atoms with van der Waals surface area (Å²) < 4.78 is 5.79. The Bertz CT molecular complexity index is 413. The third-order valence-corrected chi connectivity index (χ3v) is 6.40. The van der Waals surface area contributed by atoms with Gasteiger partial charge in [0.05, 0.1) is 6.10 Å². The van der Waals surface area contributed by atoms with E-state index in [0.29, 0.717) is 35.6 Å². The minimum absolute atomic E-state index is 0.0129. The van der Waals surface area contributed by atoms with Crippen molar-refractivity contribution in [2.75, 3.05) is 7.11 Å². The number of methoxy groups -OCH3 is 1. The lowest BCUT2D eigenvalue weighted by molar-refractivity contribution is -0.136. The smallest absolute Gasteiger partial charge is 0.139 e. The molecule has 98 valence electrons. The summed E-state index contributed by atoms with van der Waals surface area (Å²) >= 11 is 0. The Balaban J connectivity index is 1.79. The molecule has 2 nitrogen and oxygen atoms in total. The van der Waals surface area contributed by atoms with E-state index >= 15 is 0 Å². The summed E-state index contributed by atoms with van der Waals surface area (Å²) in [5.74, 6) is 3.07. The van der Waals surface area contributed by atoms with Crippen molar-refractivity contribution in [3.05, 3.63) is 12.2 Å². The molecule has 0 saturated heterocycles. The predicted octanol–water partition coefficient (Wildman–Crippen LogP) is 2.97. The topological polar surface area (TPSA) is 26.3 Å². The summed E-state index contributed by atoms with van der Waals surface area (Å²) in [5.41, 5.74) is 0.0129. The molecule has 0 aliphatic heterocycles. The van der Waals surface area contributed by atoms with Gasteiger partial charge in [0.25, 0.3) is 0 Å². The number of fused-ring (bicyclic) bond motifs is 2. The average molecular weight is 246 g/mol. The SMILES string of the molecule is CO[C@H]1C[C@@H]2CCCC(=O)[C@@]23C[C@@H]2C=CC[C@@H]2[C@@H]13. The van der Waals surface area contributed by atoms with Crippen LogP contribution in [-0.4, -0.2) is 19.0 Å². The molecular formula is C16H22O2. The summed E-state index contributed by atoms with van der Waals surface area (Å²) in [6.45, 7) is 0. The zero-order valence-electron chi connectivity index (χ0n) is 11.1. The fourth-order valence-corrected chi connectivity index (χ4v) is 5.84. The van der Waals surface area contributed by atoms with Gasteiger partial charge in [0.1, 0.15) is 5.78 Å². The molecule has 0 aromatic rings. The first-order valence-corrected chi connectivity index (χ1v) is 7.50. The van der Waals surface area contributed by atoms with Crippen LogP contribution in [0, 0.1) is 29.1 Å². The van der Waals surface area contributed by atoms with Gasteiger partial charge >= 0.3 is 0 Å². The number of carbonyl (C=O) groups is 1. The van der Waals surface area contributed by atoms with Crippen LogP contribution >= 0.6 is 0 Å². The number of hydrogen-bond acceptors (Lipinski definition) is 2. The second-order valence-electron chi connectivity index (χ2n) is 6.78. The van der Waals surface area contributed by atoms with E-state index in [1.165, 1.54) is 12.8 Å². The minimum atomic E-state index is 0.0129. The molecule has 0 N–H and O–H groups in total. The molecule has 3 saturated carbocycles. The fraction of sp³-hybridized carbons (Fsp3) is 0.812. The summed E-state index contributed by atoms with van der Waals surface area (Å²) in [6.07, 6.45) is 11.7. The van der Waals surface area contributed by atoms with Crippen LogP contribution in [0.15, 0.2) is 12.2 Å². The normalized spacial score (nSPS) is 53.4. The van der Waals surface area contributed by atoms with Gasteiger partial charge in [0.2, 0.25) is 0 Å². The van der Waals surface area contributed by atoms with E-state index in [1.807, 2.05) is 7.11 Å². The van der Waals surface area contributed by atoms with Crippen molar-refractivity contribution in [1.29, 1.82) is 0 Å². The number of Topliss-reactive ketones (excluding diaryl/α,β-unsaturated/α-hetero) is 1. The molecule has 2 heteroatoms. The van der Waals surface area contributed by atoms with E-state index in [1.54, 1.807) is 0 Å². The average Bonchev–Trinajstić information content (AvgIpc) is 2.97. The van der Waals surface area contributed by atoms with Gasteiger partial charge in [-0.2, -0.15) is 0 Å². The first-order chi connectivity index (χ1) is 8.77. The Kier molecular flexibility index (Phi) is 2.30. The van der Waals surface area contributed by atoms with Crippen LogP contribution < -0.4 is 0 Å². The molecule has 0 aromatic carbocycles. The number of ether oxygens (including phenoxy) is 1. The molecule has 1 spiro atoms. The van der Waals surface area contributed by atoms with Crippen molar-refractivity contribution in [1.82, 2.24) is 0 Å². The Labute approximate surface area is 109 Å². The maximum absolute atomic E-state index is 12.7. The van der Waals surface area contributed by atoms with Crippen LogP contribution in [-0.2, 0) is 9.53 Å². The molecule has 6 atom stereocenters. The second kappa shape index (κ2) is 3.69. The highest BCUT2D eigenvalue weighted by molar-refractivity contribution is 5.87. The monoisotopic (exact) mass is 246 g/mol. The lowest BCUT2D eigenvalue weighted by Crippen LogP contribution is -2.42. The molecule has 4 rings (SSSR count). The molecule has 0 radical (unpaired) electrons. The van der Waals surface area contributed by atoms with Crippen molar-refractivity contribution in [3.8, 4) is 0 Å². The van der Waals surface area contributed by atoms with Crippen molar-refractivity contribution in [2.45, 2.75) is 44.6 Å². The molecule has 4 aliphatic rings. The summed E-state index contributed by atoms with van der Waals surface area (Å²) in [4.78, 5) is 12.7. The molecular weight excluding hydrogens is 224 g/mol. The van der Waals surface area contributed by atoms with Crippen LogP contribution in [0.5, 0.6) is 0 Å². The van der Waals surface area contributed by atoms with Gasteiger partial charge in [0.15, 0.2) is 0 Å². The number of allylic oxidation sites excluding steroid dienone is 2. The minimum Gasteiger partial charge on any atom is -0.381 e. The van der Waals surface area contributed by atoms with E-state index in [9.17, 15) is 4.79 Å². The first kappa shape index (κ1) is 11.2. The van der Waals surface area contributed by atoms with Crippen LogP contribution in [0.1, 0.15) is 38.5 Å². The predicted molar refractivity (Wildman–Crippen MR) is 69.0 cm³/mol. The molecule has 0 amide bonds. The van der Waals surface area contributed by atoms with Crippen LogP contribution in [0.3, 0.4) is 0 Å². The standard InChI is InChI=1S/C16H22O2/c1-18-13-8-11-5-3-7-14(17)16(11)9-10-4-2-6-12(10)15(13)16/h2,4,10-13,15H,3,5-9H2,1H3/t10-,11-,12-,13-,15-,16+/m0/s1. The second-order valence-corrected chi connectivity index (χ2v) is 6.78. The number of carbonyl (C=O) groups excluding carboxylic acids is 1. The zero-order chi connectivity index (χ0) is 12.3. The van der Waals surface area contributed by atoms with Gasteiger partial charge in [-0.25, -0.2) is 0 Å². The highest BCUT2D eigenvalue weighted by Gasteiger charge is 2.67. The van der Waals surface area contributed by atoms with E-state index in [0.717, 1.165) is 25.7 Å². The quantitative estimate of drug-likeness (QED) is 0.665. The van der Waals surface area contributed by atoms with Gasteiger partial charge in [0, 0.05) is 24.9 Å². The lowest BCUT2D eigenvalue weighted by atomic mass is 9.63. The molecule has 3 fully saturated rings. The third-order valence-electron chi connectivity index (χ3n) is 6.40.